The van der Waals surface area contributed by atoms with E-state index in [0.29, 0.717) is 6.61 Å². The number of aryl methyl sites for hydroxylation is 1. The SMILES string of the molecule is CCC1(CC)CC(NC(=O)c2cc(C)ccc2F)CCO1. The number of hydrogen-bond donors (Lipinski definition) is 1. The van der Waals surface area contributed by atoms with Gasteiger partial charge in [0.15, 0.2) is 0 Å². The molecule has 21 heavy (non-hydrogen) atoms. The zero-order chi connectivity index (χ0) is 15.5. The van der Waals surface area contributed by atoms with Crippen molar-refractivity contribution >= 4 is 5.91 Å². The second-order valence-electron chi connectivity index (χ2n) is 5.89. The summed E-state index contributed by atoms with van der Waals surface area (Å²) in [5.74, 6) is -0.799. The molecule has 1 N–H and O–H groups in total. The molecule has 1 atom stereocenters. The predicted molar refractivity (Wildman–Crippen MR) is 80.9 cm³/mol. The molecule has 116 valence electrons. The molecule has 1 aliphatic rings. The lowest BCUT2D eigenvalue weighted by atomic mass is 9.86. The number of amides is 1. The number of carbonyl (C=O) groups excluding carboxylic acids is 1. The van der Waals surface area contributed by atoms with Gasteiger partial charge in [-0.2, -0.15) is 0 Å². The average Bonchev–Trinajstić information content (AvgIpc) is 2.49. The number of carbonyl (C=O) groups is 1. The molecule has 1 heterocycles. The van der Waals surface area contributed by atoms with Crippen LogP contribution >= 0.6 is 0 Å². The first-order chi connectivity index (χ1) is 9.99. The van der Waals surface area contributed by atoms with Crippen LogP contribution in [0.2, 0.25) is 0 Å². The summed E-state index contributed by atoms with van der Waals surface area (Å²) in [4.78, 5) is 12.3. The van der Waals surface area contributed by atoms with Crippen LogP contribution in [0, 0.1) is 12.7 Å². The molecule has 2 rings (SSSR count). The summed E-state index contributed by atoms with van der Waals surface area (Å²) in [5, 5.41) is 2.97. The van der Waals surface area contributed by atoms with Crippen molar-refractivity contribution in [1.82, 2.24) is 5.32 Å². The zero-order valence-electron chi connectivity index (χ0n) is 13.0. The molecule has 1 fully saturated rings. The third-order valence-electron chi connectivity index (χ3n) is 4.48. The van der Waals surface area contributed by atoms with Crippen LogP contribution in [0.5, 0.6) is 0 Å². The predicted octanol–water partition coefficient (Wildman–Crippen LogP) is 3.60. The molecule has 1 aromatic carbocycles. The molecular weight excluding hydrogens is 269 g/mol. The summed E-state index contributed by atoms with van der Waals surface area (Å²) in [6.07, 6.45) is 3.42. The van der Waals surface area contributed by atoms with Crippen LogP contribution in [0.1, 0.15) is 55.5 Å². The standard InChI is InChI=1S/C17H24FNO2/c1-4-17(5-2)11-13(8-9-21-17)19-16(20)14-10-12(3)6-7-15(14)18/h6-7,10,13H,4-5,8-9,11H2,1-3H3,(H,19,20). The van der Waals surface area contributed by atoms with E-state index < -0.39 is 5.82 Å². The Morgan fingerprint density at radius 1 is 1.43 bits per heavy atom. The van der Waals surface area contributed by atoms with Gasteiger partial charge in [0.25, 0.3) is 5.91 Å². The summed E-state index contributed by atoms with van der Waals surface area (Å²) in [6, 6.07) is 4.65. The molecule has 0 bridgehead atoms. The maximum absolute atomic E-state index is 13.8. The average molecular weight is 293 g/mol. The number of halogens is 1. The molecule has 0 spiro atoms. The van der Waals surface area contributed by atoms with E-state index >= 15 is 0 Å². The van der Waals surface area contributed by atoms with E-state index in [1.807, 2.05) is 6.92 Å². The number of benzene rings is 1. The molecular formula is C17H24FNO2. The van der Waals surface area contributed by atoms with Gasteiger partial charge in [0.1, 0.15) is 5.82 Å². The van der Waals surface area contributed by atoms with Gasteiger partial charge < -0.3 is 10.1 Å². The van der Waals surface area contributed by atoms with Crippen molar-refractivity contribution in [2.75, 3.05) is 6.61 Å². The van der Waals surface area contributed by atoms with E-state index in [4.69, 9.17) is 4.74 Å². The van der Waals surface area contributed by atoms with E-state index in [1.54, 1.807) is 12.1 Å². The number of hydrogen-bond acceptors (Lipinski definition) is 2. The highest BCUT2D eigenvalue weighted by Gasteiger charge is 2.35. The Hall–Kier alpha value is -1.42. The van der Waals surface area contributed by atoms with E-state index in [1.165, 1.54) is 6.07 Å². The van der Waals surface area contributed by atoms with E-state index in [0.717, 1.165) is 31.2 Å². The molecule has 4 heteroatoms. The Balaban J connectivity index is 2.07. The lowest BCUT2D eigenvalue weighted by Gasteiger charge is -2.40. The first-order valence-corrected chi connectivity index (χ1v) is 7.70. The number of ether oxygens (including phenoxy) is 1. The van der Waals surface area contributed by atoms with Crippen molar-refractivity contribution in [3.8, 4) is 0 Å². The van der Waals surface area contributed by atoms with Gasteiger partial charge in [-0.1, -0.05) is 25.5 Å². The molecule has 0 aromatic heterocycles. The van der Waals surface area contributed by atoms with Gasteiger partial charge in [-0.15, -0.1) is 0 Å². The molecule has 1 unspecified atom stereocenters. The maximum Gasteiger partial charge on any atom is 0.254 e. The van der Waals surface area contributed by atoms with Gasteiger partial charge >= 0.3 is 0 Å². The number of rotatable bonds is 4. The van der Waals surface area contributed by atoms with Gasteiger partial charge in [0.2, 0.25) is 0 Å². The largest absolute Gasteiger partial charge is 0.375 e. The summed E-state index contributed by atoms with van der Waals surface area (Å²) in [6.45, 7) is 6.70. The summed E-state index contributed by atoms with van der Waals surface area (Å²) in [5.41, 5.74) is 0.853. The van der Waals surface area contributed by atoms with Gasteiger partial charge in [-0.3, -0.25) is 4.79 Å². The van der Waals surface area contributed by atoms with Crippen LogP contribution in [-0.4, -0.2) is 24.2 Å². The summed E-state index contributed by atoms with van der Waals surface area (Å²) >= 11 is 0. The van der Waals surface area contributed by atoms with Crippen molar-refractivity contribution in [2.24, 2.45) is 0 Å². The minimum atomic E-state index is -0.470. The Morgan fingerprint density at radius 3 is 2.81 bits per heavy atom. The highest BCUT2D eigenvalue weighted by molar-refractivity contribution is 5.94. The van der Waals surface area contributed by atoms with Crippen LogP contribution in [-0.2, 0) is 4.74 Å². The summed E-state index contributed by atoms with van der Waals surface area (Å²) < 4.78 is 19.7. The van der Waals surface area contributed by atoms with E-state index in [9.17, 15) is 9.18 Å². The minimum Gasteiger partial charge on any atom is -0.375 e. The smallest absolute Gasteiger partial charge is 0.254 e. The van der Waals surface area contributed by atoms with Crippen molar-refractivity contribution in [2.45, 2.75) is 58.1 Å². The topological polar surface area (TPSA) is 38.3 Å². The number of nitrogens with one attached hydrogen (secondary N) is 1. The van der Waals surface area contributed by atoms with Gasteiger partial charge in [-0.25, -0.2) is 4.39 Å². The molecule has 1 amide bonds. The summed E-state index contributed by atoms with van der Waals surface area (Å²) in [7, 11) is 0. The third kappa shape index (κ3) is 3.62. The van der Waals surface area contributed by atoms with E-state index in [-0.39, 0.29) is 23.1 Å². The molecule has 1 saturated heterocycles. The van der Waals surface area contributed by atoms with Crippen molar-refractivity contribution < 1.29 is 13.9 Å². The van der Waals surface area contributed by atoms with Gasteiger partial charge in [-0.05, 0) is 44.7 Å². The molecule has 1 aliphatic heterocycles. The fourth-order valence-corrected chi connectivity index (χ4v) is 2.97. The van der Waals surface area contributed by atoms with E-state index in [2.05, 4.69) is 19.2 Å². The van der Waals surface area contributed by atoms with Crippen molar-refractivity contribution in [3.63, 3.8) is 0 Å². The Bertz CT molecular complexity index is 512. The first kappa shape index (κ1) is 16.0. The highest BCUT2D eigenvalue weighted by Crippen LogP contribution is 2.31. The second kappa shape index (κ2) is 6.56. The monoisotopic (exact) mass is 293 g/mol. The van der Waals surface area contributed by atoms with Crippen LogP contribution in [0.4, 0.5) is 4.39 Å². The van der Waals surface area contributed by atoms with Crippen LogP contribution in [0.3, 0.4) is 0 Å². The Labute approximate surface area is 125 Å². The Morgan fingerprint density at radius 2 is 2.14 bits per heavy atom. The van der Waals surface area contributed by atoms with Crippen LogP contribution in [0.25, 0.3) is 0 Å². The highest BCUT2D eigenvalue weighted by atomic mass is 19.1. The fraction of sp³-hybridized carbons (Fsp3) is 0.588. The molecule has 0 radical (unpaired) electrons. The lowest BCUT2D eigenvalue weighted by molar-refractivity contribution is -0.0917. The van der Waals surface area contributed by atoms with Crippen LogP contribution in [0.15, 0.2) is 18.2 Å². The zero-order valence-corrected chi connectivity index (χ0v) is 13.0. The lowest BCUT2D eigenvalue weighted by Crippen LogP contribution is -2.48. The first-order valence-electron chi connectivity index (χ1n) is 7.70. The molecule has 3 nitrogen and oxygen atoms in total. The second-order valence-corrected chi connectivity index (χ2v) is 5.89. The maximum atomic E-state index is 13.8. The minimum absolute atomic E-state index is 0.0473. The normalized spacial score (nSPS) is 21.0. The molecule has 0 saturated carbocycles. The fourth-order valence-electron chi connectivity index (χ4n) is 2.97. The van der Waals surface area contributed by atoms with Gasteiger partial charge in [0, 0.05) is 12.6 Å². The van der Waals surface area contributed by atoms with Crippen molar-refractivity contribution in [3.05, 3.63) is 35.1 Å². The van der Waals surface area contributed by atoms with Crippen LogP contribution < -0.4 is 5.32 Å². The molecule has 0 aliphatic carbocycles. The van der Waals surface area contributed by atoms with Gasteiger partial charge in [0.05, 0.1) is 11.2 Å². The third-order valence-corrected chi connectivity index (χ3v) is 4.48. The Kier molecular flexibility index (Phi) is 4.99. The quantitative estimate of drug-likeness (QED) is 0.921. The molecule has 1 aromatic rings. The van der Waals surface area contributed by atoms with Crippen molar-refractivity contribution in [1.29, 1.82) is 0 Å².